The van der Waals surface area contributed by atoms with E-state index in [1.54, 1.807) is 11.8 Å². The highest BCUT2D eigenvalue weighted by Crippen LogP contribution is 2.15. The van der Waals surface area contributed by atoms with E-state index < -0.39 is 0 Å². The Morgan fingerprint density at radius 1 is 1.17 bits per heavy atom. The number of fused-ring (bicyclic) bond motifs is 1. The minimum absolute atomic E-state index is 0.0692. The number of rotatable bonds is 3. The molecule has 24 heavy (non-hydrogen) atoms. The second-order valence-corrected chi connectivity index (χ2v) is 6.40. The van der Waals surface area contributed by atoms with E-state index in [1.165, 1.54) is 0 Å². The molecular weight excluding hydrogens is 302 g/mol. The lowest BCUT2D eigenvalue weighted by Gasteiger charge is -2.39. The van der Waals surface area contributed by atoms with E-state index in [0.29, 0.717) is 32.5 Å². The van der Waals surface area contributed by atoms with Crippen LogP contribution in [-0.2, 0) is 16.0 Å². The molecule has 0 saturated carbocycles. The van der Waals surface area contributed by atoms with Crippen molar-refractivity contribution in [1.82, 2.24) is 14.8 Å². The lowest BCUT2D eigenvalue weighted by Crippen LogP contribution is -2.55. The third-order valence-electron chi connectivity index (χ3n) is 4.64. The summed E-state index contributed by atoms with van der Waals surface area (Å²) in [5.74, 6) is 0.218. The van der Waals surface area contributed by atoms with Crippen molar-refractivity contribution in [2.75, 3.05) is 19.6 Å². The Bertz CT molecular complexity index is 759. The molecule has 0 N–H and O–H groups in total. The summed E-state index contributed by atoms with van der Waals surface area (Å²) in [7, 11) is 0. The average Bonchev–Trinajstić information content (AvgIpc) is 2.59. The standard InChI is InChI=1S/C19H23N3O2/c1-14-13-21(15(2)23)11-12-22(14)19(24)10-9-17-8-7-16-5-3-4-6-18(16)20-17/h3-8,14H,9-13H2,1-2H3. The molecule has 0 radical (unpaired) electrons. The third kappa shape index (κ3) is 3.55. The minimum Gasteiger partial charge on any atom is -0.339 e. The van der Waals surface area contributed by atoms with Gasteiger partial charge in [0.2, 0.25) is 11.8 Å². The molecular formula is C19H23N3O2. The number of piperazine rings is 1. The Labute approximate surface area is 142 Å². The van der Waals surface area contributed by atoms with E-state index in [9.17, 15) is 9.59 Å². The molecule has 126 valence electrons. The molecule has 1 aromatic carbocycles. The molecule has 1 atom stereocenters. The fourth-order valence-electron chi connectivity index (χ4n) is 3.24. The van der Waals surface area contributed by atoms with Gasteiger partial charge in [-0.15, -0.1) is 0 Å². The van der Waals surface area contributed by atoms with Gasteiger partial charge in [0, 0.05) is 50.1 Å². The zero-order valence-corrected chi connectivity index (χ0v) is 14.2. The maximum absolute atomic E-state index is 12.5. The summed E-state index contributed by atoms with van der Waals surface area (Å²) in [4.78, 5) is 32.3. The predicted octanol–water partition coefficient (Wildman–Crippen LogP) is 2.25. The Kier molecular flexibility index (Phi) is 4.79. The number of amides is 2. The van der Waals surface area contributed by atoms with Crippen molar-refractivity contribution in [3.05, 3.63) is 42.1 Å². The number of carbonyl (C=O) groups excluding carboxylic acids is 2. The van der Waals surface area contributed by atoms with Crippen molar-refractivity contribution in [2.45, 2.75) is 32.7 Å². The number of para-hydroxylation sites is 1. The molecule has 1 unspecified atom stereocenters. The van der Waals surface area contributed by atoms with Gasteiger partial charge in [0.1, 0.15) is 0 Å². The van der Waals surface area contributed by atoms with Crippen LogP contribution in [0, 0.1) is 0 Å². The first-order valence-electron chi connectivity index (χ1n) is 8.44. The SMILES string of the molecule is CC(=O)N1CCN(C(=O)CCc2ccc3ccccc3n2)C(C)C1. The van der Waals surface area contributed by atoms with Crippen LogP contribution in [-0.4, -0.2) is 52.3 Å². The van der Waals surface area contributed by atoms with Crippen LogP contribution in [0.5, 0.6) is 0 Å². The van der Waals surface area contributed by atoms with Crippen LogP contribution < -0.4 is 0 Å². The Hall–Kier alpha value is -2.43. The molecule has 5 heteroatoms. The highest BCUT2D eigenvalue weighted by Gasteiger charge is 2.28. The lowest BCUT2D eigenvalue weighted by atomic mass is 10.1. The van der Waals surface area contributed by atoms with Crippen molar-refractivity contribution in [2.24, 2.45) is 0 Å². The van der Waals surface area contributed by atoms with Gasteiger partial charge in [-0.1, -0.05) is 24.3 Å². The Morgan fingerprint density at radius 3 is 2.71 bits per heavy atom. The molecule has 1 aromatic heterocycles. The van der Waals surface area contributed by atoms with Crippen molar-refractivity contribution >= 4 is 22.7 Å². The quantitative estimate of drug-likeness (QED) is 0.870. The van der Waals surface area contributed by atoms with Crippen LogP contribution in [0.15, 0.2) is 36.4 Å². The topological polar surface area (TPSA) is 53.5 Å². The number of hydrogen-bond donors (Lipinski definition) is 0. The van der Waals surface area contributed by atoms with E-state index in [0.717, 1.165) is 16.6 Å². The smallest absolute Gasteiger partial charge is 0.223 e. The number of nitrogens with zero attached hydrogens (tertiary/aromatic N) is 3. The van der Waals surface area contributed by atoms with Crippen molar-refractivity contribution in [3.8, 4) is 0 Å². The molecule has 1 aliphatic rings. The first kappa shape index (κ1) is 16.4. The summed E-state index contributed by atoms with van der Waals surface area (Å²) in [6.07, 6.45) is 1.10. The molecule has 1 fully saturated rings. The molecule has 0 spiro atoms. The molecule has 2 amide bonds. The van der Waals surface area contributed by atoms with Gasteiger partial charge in [0.05, 0.1) is 5.52 Å². The highest BCUT2D eigenvalue weighted by molar-refractivity contribution is 5.79. The van der Waals surface area contributed by atoms with Gasteiger partial charge in [-0.05, 0) is 25.5 Å². The maximum Gasteiger partial charge on any atom is 0.223 e. The summed E-state index contributed by atoms with van der Waals surface area (Å²) in [5.41, 5.74) is 1.91. The van der Waals surface area contributed by atoms with Gasteiger partial charge in [-0.2, -0.15) is 0 Å². The fourth-order valence-corrected chi connectivity index (χ4v) is 3.24. The third-order valence-corrected chi connectivity index (χ3v) is 4.64. The van der Waals surface area contributed by atoms with Crippen LogP contribution in [0.1, 0.15) is 26.0 Å². The Morgan fingerprint density at radius 2 is 1.96 bits per heavy atom. The van der Waals surface area contributed by atoms with Crippen molar-refractivity contribution in [3.63, 3.8) is 0 Å². The number of aryl methyl sites for hydroxylation is 1. The van der Waals surface area contributed by atoms with Gasteiger partial charge in [-0.25, -0.2) is 0 Å². The molecule has 5 nitrogen and oxygen atoms in total. The molecule has 2 aromatic rings. The predicted molar refractivity (Wildman–Crippen MR) is 93.5 cm³/mol. The van der Waals surface area contributed by atoms with Crippen LogP contribution in [0.3, 0.4) is 0 Å². The molecule has 1 saturated heterocycles. The average molecular weight is 325 g/mol. The molecule has 2 heterocycles. The van der Waals surface area contributed by atoms with Crippen molar-refractivity contribution in [1.29, 1.82) is 0 Å². The van der Waals surface area contributed by atoms with Gasteiger partial charge < -0.3 is 9.80 Å². The second kappa shape index (κ2) is 6.99. The van der Waals surface area contributed by atoms with E-state index in [4.69, 9.17) is 0 Å². The summed E-state index contributed by atoms with van der Waals surface area (Å²) >= 11 is 0. The van der Waals surface area contributed by atoms with Crippen molar-refractivity contribution < 1.29 is 9.59 Å². The molecule has 1 aliphatic heterocycles. The van der Waals surface area contributed by atoms with E-state index in [-0.39, 0.29) is 17.9 Å². The first-order valence-corrected chi connectivity index (χ1v) is 8.44. The zero-order valence-electron chi connectivity index (χ0n) is 14.2. The summed E-state index contributed by atoms with van der Waals surface area (Å²) in [5, 5.41) is 1.11. The molecule has 3 rings (SSSR count). The zero-order chi connectivity index (χ0) is 17.1. The number of carbonyl (C=O) groups is 2. The summed E-state index contributed by atoms with van der Waals surface area (Å²) in [6, 6.07) is 12.1. The van der Waals surface area contributed by atoms with Crippen LogP contribution in [0.4, 0.5) is 0 Å². The first-order chi connectivity index (χ1) is 11.5. The van der Waals surface area contributed by atoms with Gasteiger partial charge in [0.15, 0.2) is 0 Å². The van der Waals surface area contributed by atoms with Crippen LogP contribution >= 0.6 is 0 Å². The monoisotopic (exact) mass is 325 g/mol. The summed E-state index contributed by atoms with van der Waals surface area (Å²) < 4.78 is 0. The van der Waals surface area contributed by atoms with Crippen LogP contribution in [0.2, 0.25) is 0 Å². The minimum atomic E-state index is 0.0692. The van der Waals surface area contributed by atoms with Gasteiger partial charge >= 0.3 is 0 Å². The second-order valence-electron chi connectivity index (χ2n) is 6.40. The van der Waals surface area contributed by atoms with E-state index in [1.807, 2.05) is 42.2 Å². The number of hydrogen-bond acceptors (Lipinski definition) is 3. The fraction of sp³-hybridized carbons (Fsp3) is 0.421. The van der Waals surface area contributed by atoms with E-state index in [2.05, 4.69) is 11.1 Å². The largest absolute Gasteiger partial charge is 0.339 e. The summed E-state index contributed by atoms with van der Waals surface area (Å²) in [6.45, 7) is 5.44. The Balaban J connectivity index is 1.59. The normalized spacial score (nSPS) is 18.0. The maximum atomic E-state index is 12.5. The van der Waals surface area contributed by atoms with Crippen LogP contribution in [0.25, 0.3) is 10.9 Å². The number of aromatic nitrogens is 1. The highest BCUT2D eigenvalue weighted by atomic mass is 16.2. The van der Waals surface area contributed by atoms with Gasteiger partial charge in [-0.3, -0.25) is 14.6 Å². The van der Waals surface area contributed by atoms with E-state index >= 15 is 0 Å². The number of pyridine rings is 1. The molecule has 0 bridgehead atoms. The number of benzene rings is 1. The lowest BCUT2D eigenvalue weighted by molar-refractivity contribution is -0.141. The van der Waals surface area contributed by atoms with Gasteiger partial charge in [0.25, 0.3) is 0 Å². The molecule has 0 aliphatic carbocycles.